The number of hydrogen-bond donors (Lipinski definition) is 2. The summed E-state index contributed by atoms with van der Waals surface area (Å²) in [6, 6.07) is 0. The number of amides is 2. The van der Waals surface area contributed by atoms with Crippen molar-refractivity contribution in [3.63, 3.8) is 0 Å². The van der Waals surface area contributed by atoms with Gasteiger partial charge in [-0.05, 0) is 18.9 Å². The molecule has 0 atom stereocenters. The molecule has 4 heteroatoms. The van der Waals surface area contributed by atoms with E-state index in [1.807, 2.05) is 12.2 Å². The number of unbranched alkanes of at least 4 members (excludes halogenated alkanes) is 4. The van der Waals surface area contributed by atoms with Crippen LogP contribution in [0.25, 0.3) is 0 Å². The number of rotatable bonds is 10. The lowest BCUT2D eigenvalue weighted by atomic mass is 10.2. The zero-order chi connectivity index (χ0) is 15.5. The average molecular weight is 292 g/mol. The molecule has 0 aromatic rings. The van der Waals surface area contributed by atoms with Crippen molar-refractivity contribution in [1.29, 1.82) is 0 Å². The molecule has 1 rings (SSSR count). The smallest absolute Gasteiger partial charge is 0.224 e. The van der Waals surface area contributed by atoms with E-state index in [4.69, 9.17) is 0 Å². The van der Waals surface area contributed by atoms with Gasteiger partial charge in [-0.2, -0.15) is 0 Å². The Morgan fingerprint density at radius 1 is 0.952 bits per heavy atom. The van der Waals surface area contributed by atoms with Crippen LogP contribution in [0, 0.1) is 0 Å². The van der Waals surface area contributed by atoms with Crippen molar-refractivity contribution in [2.24, 2.45) is 0 Å². The molecule has 1 aliphatic carbocycles. The van der Waals surface area contributed by atoms with Crippen LogP contribution >= 0.6 is 0 Å². The lowest BCUT2D eigenvalue weighted by molar-refractivity contribution is -0.121. The topological polar surface area (TPSA) is 58.2 Å². The van der Waals surface area contributed by atoms with Crippen molar-refractivity contribution < 1.29 is 9.59 Å². The maximum atomic E-state index is 11.8. The van der Waals surface area contributed by atoms with Crippen molar-refractivity contribution in [3.8, 4) is 0 Å². The summed E-state index contributed by atoms with van der Waals surface area (Å²) in [6.07, 6.45) is 11.8. The fraction of sp³-hybridized carbons (Fsp3) is 0.647. The number of hydrogen-bond acceptors (Lipinski definition) is 2. The standard InChI is InChI=1S/C17H28N2O2/c1-3-5-7-12-16(20)18-14-10-9-11-15(14)19-17(21)13-8-6-4-2/h9-10H,3-8,11-13H2,1-2H3,(H,18,20)(H,19,21). The van der Waals surface area contributed by atoms with Gasteiger partial charge in [-0.15, -0.1) is 0 Å². The normalized spacial score (nSPS) is 13.6. The van der Waals surface area contributed by atoms with Crippen LogP contribution in [0.3, 0.4) is 0 Å². The number of carbonyl (C=O) groups is 2. The highest BCUT2D eigenvalue weighted by Crippen LogP contribution is 2.15. The van der Waals surface area contributed by atoms with Gasteiger partial charge in [-0.3, -0.25) is 9.59 Å². The van der Waals surface area contributed by atoms with Gasteiger partial charge in [0, 0.05) is 25.0 Å². The minimum absolute atomic E-state index is 0.0303. The second-order valence-electron chi connectivity index (χ2n) is 5.51. The minimum Gasteiger partial charge on any atom is -0.327 e. The second-order valence-corrected chi connectivity index (χ2v) is 5.51. The average Bonchev–Trinajstić information content (AvgIpc) is 2.86. The van der Waals surface area contributed by atoms with E-state index in [-0.39, 0.29) is 11.8 Å². The predicted octanol–water partition coefficient (Wildman–Crippen LogP) is 3.55. The highest BCUT2D eigenvalue weighted by molar-refractivity contribution is 5.81. The fourth-order valence-electron chi connectivity index (χ4n) is 2.26. The van der Waals surface area contributed by atoms with Gasteiger partial charge in [-0.1, -0.05) is 45.6 Å². The quantitative estimate of drug-likeness (QED) is 0.605. The van der Waals surface area contributed by atoms with Crippen molar-refractivity contribution in [1.82, 2.24) is 10.6 Å². The molecule has 2 N–H and O–H groups in total. The molecule has 2 amide bonds. The third kappa shape index (κ3) is 7.11. The first kappa shape index (κ1) is 17.5. The van der Waals surface area contributed by atoms with Crippen LogP contribution in [0.2, 0.25) is 0 Å². The molecule has 0 unspecified atom stereocenters. The van der Waals surface area contributed by atoms with Gasteiger partial charge < -0.3 is 10.6 Å². The molecule has 0 saturated heterocycles. The number of nitrogens with one attached hydrogen (secondary N) is 2. The first-order valence-electron chi connectivity index (χ1n) is 8.16. The van der Waals surface area contributed by atoms with Crippen LogP contribution in [-0.4, -0.2) is 11.8 Å². The van der Waals surface area contributed by atoms with E-state index in [9.17, 15) is 9.59 Å². The van der Waals surface area contributed by atoms with Gasteiger partial charge in [0.25, 0.3) is 0 Å². The molecular weight excluding hydrogens is 264 g/mol. The lowest BCUT2D eigenvalue weighted by Crippen LogP contribution is -2.28. The van der Waals surface area contributed by atoms with Crippen LogP contribution in [-0.2, 0) is 9.59 Å². The monoisotopic (exact) mass is 292 g/mol. The summed E-state index contributed by atoms with van der Waals surface area (Å²) < 4.78 is 0. The van der Waals surface area contributed by atoms with E-state index in [0.29, 0.717) is 19.3 Å². The summed E-state index contributed by atoms with van der Waals surface area (Å²) in [5, 5.41) is 5.82. The second kappa shape index (κ2) is 10.2. The molecule has 0 spiro atoms. The Hall–Kier alpha value is -1.58. The molecule has 118 valence electrons. The largest absolute Gasteiger partial charge is 0.327 e. The fourth-order valence-corrected chi connectivity index (χ4v) is 2.26. The van der Waals surface area contributed by atoms with E-state index < -0.39 is 0 Å². The zero-order valence-electron chi connectivity index (χ0n) is 13.3. The van der Waals surface area contributed by atoms with E-state index in [1.54, 1.807) is 0 Å². The molecule has 0 saturated carbocycles. The predicted molar refractivity (Wildman–Crippen MR) is 85.4 cm³/mol. The Bertz CT molecular complexity index is 411. The highest BCUT2D eigenvalue weighted by Gasteiger charge is 2.14. The summed E-state index contributed by atoms with van der Waals surface area (Å²) in [4.78, 5) is 23.7. The molecule has 1 aliphatic rings. The maximum absolute atomic E-state index is 11.8. The summed E-state index contributed by atoms with van der Waals surface area (Å²) in [6.45, 7) is 4.24. The molecule has 0 radical (unpaired) electrons. The third-order valence-corrected chi connectivity index (χ3v) is 3.51. The summed E-state index contributed by atoms with van der Waals surface area (Å²) in [5.41, 5.74) is 1.57. The van der Waals surface area contributed by atoms with Crippen LogP contribution in [0.5, 0.6) is 0 Å². The van der Waals surface area contributed by atoms with Crippen molar-refractivity contribution in [2.75, 3.05) is 0 Å². The molecule has 4 nitrogen and oxygen atoms in total. The first-order chi connectivity index (χ1) is 10.2. The number of allylic oxidation sites excluding steroid dienone is 2. The van der Waals surface area contributed by atoms with Crippen molar-refractivity contribution in [2.45, 2.75) is 71.6 Å². The van der Waals surface area contributed by atoms with Gasteiger partial charge >= 0.3 is 0 Å². The molecule has 0 bridgehead atoms. The molecule has 0 aromatic heterocycles. The van der Waals surface area contributed by atoms with Gasteiger partial charge in [0.05, 0.1) is 5.70 Å². The molecule has 0 aliphatic heterocycles. The number of carbonyl (C=O) groups excluding carboxylic acids is 2. The maximum Gasteiger partial charge on any atom is 0.224 e. The Balaban J connectivity index is 2.40. The van der Waals surface area contributed by atoms with Crippen LogP contribution in [0.4, 0.5) is 0 Å². The molecular formula is C17H28N2O2. The Labute approximate surface area is 128 Å². The molecule has 21 heavy (non-hydrogen) atoms. The van der Waals surface area contributed by atoms with Gasteiger partial charge in [0.2, 0.25) is 11.8 Å². The van der Waals surface area contributed by atoms with E-state index in [0.717, 1.165) is 49.9 Å². The summed E-state index contributed by atoms with van der Waals surface area (Å²) >= 11 is 0. The van der Waals surface area contributed by atoms with E-state index in [2.05, 4.69) is 24.5 Å². The summed E-state index contributed by atoms with van der Waals surface area (Å²) in [7, 11) is 0. The van der Waals surface area contributed by atoms with Gasteiger partial charge in [-0.25, -0.2) is 0 Å². The van der Waals surface area contributed by atoms with Gasteiger partial charge in [0.15, 0.2) is 0 Å². The van der Waals surface area contributed by atoms with Crippen LogP contribution in [0.15, 0.2) is 23.5 Å². The SMILES string of the molecule is CCCCCC(=O)NC1=C(NC(=O)CCCCC)CC=C1. The van der Waals surface area contributed by atoms with Gasteiger partial charge in [0.1, 0.15) is 0 Å². The molecule has 0 heterocycles. The third-order valence-electron chi connectivity index (χ3n) is 3.51. The Morgan fingerprint density at radius 2 is 1.52 bits per heavy atom. The van der Waals surface area contributed by atoms with E-state index in [1.165, 1.54) is 0 Å². The van der Waals surface area contributed by atoms with Crippen LogP contribution < -0.4 is 10.6 Å². The zero-order valence-corrected chi connectivity index (χ0v) is 13.3. The van der Waals surface area contributed by atoms with Crippen molar-refractivity contribution >= 4 is 11.8 Å². The highest BCUT2D eigenvalue weighted by atomic mass is 16.2. The molecule has 0 fully saturated rings. The first-order valence-corrected chi connectivity index (χ1v) is 8.16. The minimum atomic E-state index is 0.0303. The van der Waals surface area contributed by atoms with Crippen molar-refractivity contribution in [3.05, 3.63) is 23.5 Å². The van der Waals surface area contributed by atoms with E-state index >= 15 is 0 Å². The lowest BCUT2D eigenvalue weighted by Gasteiger charge is -2.11. The van der Waals surface area contributed by atoms with Crippen LogP contribution in [0.1, 0.15) is 71.6 Å². The Kier molecular flexibility index (Phi) is 8.48. The summed E-state index contributed by atoms with van der Waals surface area (Å²) in [5.74, 6) is 0.0719. The Morgan fingerprint density at radius 3 is 2.10 bits per heavy atom. The molecule has 0 aromatic carbocycles.